The van der Waals surface area contributed by atoms with E-state index in [1.807, 2.05) is 41.8 Å². The number of thiazole rings is 2. The summed E-state index contributed by atoms with van der Waals surface area (Å²) in [6.07, 6.45) is 0. The molecular formula is C24H22N4O4S2. The van der Waals surface area contributed by atoms with Gasteiger partial charge in [0.25, 0.3) is 5.91 Å². The van der Waals surface area contributed by atoms with Crippen molar-refractivity contribution in [2.75, 3.05) is 19.5 Å². The maximum absolute atomic E-state index is 12.8. The Balaban J connectivity index is 1.45. The molecule has 2 aromatic carbocycles. The highest BCUT2D eigenvalue weighted by molar-refractivity contribution is 7.14. The number of hydrogen-bond donors (Lipinski definition) is 2. The van der Waals surface area contributed by atoms with Gasteiger partial charge >= 0.3 is 0 Å². The van der Waals surface area contributed by atoms with Crippen LogP contribution in [-0.2, 0) is 11.3 Å². The predicted octanol–water partition coefficient (Wildman–Crippen LogP) is 4.84. The third-order valence-electron chi connectivity index (χ3n) is 4.89. The summed E-state index contributed by atoms with van der Waals surface area (Å²) in [7, 11) is 3.14. The van der Waals surface area contributed by atoms with Gasteiger partial charge in [0.1, 0.15) is 10.7 Å². The summed E-state index contributed by atoms with van der Waals surface area (Å²) in [5, 5.41) is 10.3. The van der Waals surface area contributed by atoms with E-state index in [1.54, 1.807) is 25.7 Å². The summed E-state index contributed by atoms with van der Waals surface area (Å²) in [5.74, 6) is 0.758. The van der Waals surface area contributed by atoms with Crippen molar-refractivity contribution in [3.63, 3.8) is 0 Å². The smallest absolute Gasteiger partial charge is 0.276 e. The van der Waals surface area contributed by atoms with E-state index >= 15 is 0 Å². The first-order valence-electron chi connectivity index (χ1n) is 10.3. The van der Waals surface area contributed by atoms with Gasteiger partial charge in [-0.2, -0.15) is 0 Å². The maximum Gasteiger partial charge on any atom is 0.276 e. The van der Waals surface area contributed by atoms with Crippen LogP contribution in [0.15, 0.2) is 53.2 Å². The van der Waals surface area contributed by atoms with Gasteiger partial charge in [-0.25, -0.2) is 9.97 Å². The van der Waals surface area contributed by atoms with Crippen LogP contribution in [0.3, 0.4) is 0 Å². The van der Waals surface area contributed by atoms with E-state index in [0.717, 1.165) is 22.4 Å². The Morgan fingerprint density at radius 1 is 0.971 bits per heavy atom. The number of anilines is 1. The van der Waals surface area contributed by atoms with Gasteiger partial charge in [-0.15, -0.1) is 22.7 Å². The van der Waals surface area contributed by atoms with E-state index < -0.39 is 0 Å². The van der Waals surface area contributed by atoms with Crippen LogP contribution in [0.25, 0.3) is 21.8 Å². The van der Waals surface area contributed by atoms with Crippen LogP contribution in [0, 0.1) is 0 Å². The Labute approximate surface area is 204 Å². The van der Waals surface area contributed by atoms with E-state index in [4.69, 9.17) is 9.47 Å². The van der Waals surface area contributed by atoms with Gasteiger partial charge in [-0.05, 0) is 17.7 Å². The lowest BCUT2D eigenvalue weighted by Crippen LogP contribution is -2.18. The number of amides is 2. The number of rotatable bonds is 8. The summed E-state index contributed by atoms with van der Waals surface area (Å²) in [5.41, 5.74) is 3.72. The largest absolute Gasteiger partial charge is 0.493 e. The Hall–Kier alpha value is -3.76. The molecule has 0 unspecified atom stereocenters. The van der Waals surface area contributed by atoms with Gasteiger partial charge in [-0.1, -0.05) is 30.3 Å². The van der Waals surface area contributed by atoms with E-state index in [9.17, 15) is 9.59 Å². The molecule has 34 heavy (non-hydrogen) atoms. The molecule has 2 aromatic heterocycles. The van der Waals surface area contributed by atoms with Crippen molar-refractivity contribution < 1.29 is 19.1 Å². The SMILES string of the molecule is COc1cccc(-c2nc(C(=O)Nc3nc(-c4ccc(CNC(C)=O)cc4)cs3)cs2)c1OC. The molecule has 0 atom stereocenters. The highest BCUT2D eigenvalue weighted by atomic mass is 32.1. The minimum absolute atomic E-state index is 0.0705. The normalized spacial score (nSPS) is 10.6. The molecule has 0 radical (unpaired) electrons. The van der Waals surface area contributed by atoms with Crippen molar-refractivity contribution in [2.45, 2.75) is 13.5 Å². The van der Waals surface area contributed by atoms with Crippen LogP contribution in [-0.4, -0.2) is 36.0 Å². The van der Waals surface area contributed by atoms with Crippen molar-refractivity contribution >= 4 is 39.6 Å². The molecule has 2 heterocycles. The fourth-order valence-electron chi connectivity index (χ4n) is 3.20. The molecular weight excluding hydrogens is 472 g/mol. The number of carbonyl (C=O) groups excluding carboxylic acids is 2. The van der Waals surface area contributed by atoms with E-state index in [0.29, 0.717) is 33.9 Å². The van der Waals surface area contributed by atoms with Crippen molar-refractivity contribution in [3.8, 4) is 33.3 Å². The van der Waals surface area contributed by atoms with Crippen molar-refractivity contribution in [2.24, 2.45) is 0 Å². The molecule has 0 aliphatic rings. The average molecular weight is 495 g/mol. The quantitative estimate of drug-likeness (QED) is 0.363. The standard InChI is InChI=1S/C24H22N4O4S2/c1-14(29)25-11-15-7-9-16(10-8-15)18-12-34-24(27-18)28-22(30)19-13-33-23(26-19)17-5-4-6-20(31-2)21(17)32-3/h4-10,12-13H,11H2,1-3H3,(H,25,29)(H,27,28,30). The van der Waals surface area contributed by atoms with Crippen LogP contribution in [0.2, 0.25) is 0 Å². The molecule has 174 valence electrons. The zero-order chi connectivity index (χ0) is 24.1. The third-order valence-corrected chi connectivity index (χ3v) is 6.52. The third kappa shape index (κ3) is 5.24. The number of nitrogens with one attached hydrogen (secondary N) is 2. The summed E-state index contributed by atoms with van der Waals surface area (Å²) < 4.78 is 10.8. The van der Waals surface area contributed by atoms with Gasteiger partial charge < -0.3 is 14.8 Å². The van der Waals surface area contributed by atoms with Crippen LogP contribution in [0.5, 0.6) is 11.5 Å². The fourth-order valence-corrected chi connectivity index (χ4v) is 4.74. The number of hydrogen-bond acceptors (Lipinski definition) is 8. The molecule has 0 aliphatic carbocycles. The lowest BCUT2D eigenvalue weighted by Gasteiger charge is -2.10. The second-order valence-electron chi connectivity index (χ2n) is 7.18. The Morgan fingerprint density at radius 2 is 1.76 bits per heavy atom. The van der Waals surface area contributed by atoms with Crippen molar-refractivity contribution in [1.82, 2.24) is 15.3 Å². The lowest BCUT2D eigenvalue weighted by atomic mass is 10.1. The van der Waals surface area contributed by atoms with Crippen LogP contribution < -0.4 is 20.1 Å². The highest BCUT2D eigenvalue weighted by Gasteiger charge is 2.18. The summed E-state index contributed by atoms with van der Waals surface area (Å²) in [6.45, 7) is 1.97. The van der Waals surface area contributed by atoms with Gasteiger partial charge in [-0.3, -0.25) is 14.9 Å². The summed E-state index contributed by atoms with van der Waals surface area (Å²) >= 11 is 2.69. The minimum Gasteiger partial charge on any atom is -0.493 e. The second-order valence-corrected chi connectivity index (χ2v) is 8.89. The molecule has 2 N–H and O–H groups in total. The molecule has 4 rings (SSSR count). The number of benzene rings is 2. The first-order valence-corrected chi connectivity index (χ1v) is 12.0. The molecule has 0 bridgehead atoms. The zero-order valence-electron chi connectivity index (χ0n) is 18.7. The van der Waals surface area contributed by atoms with Crippen LogP contribution in [0.1, 0.15) is 23.0 Å². The lowest BCUT2D eigenvalue weighted by molar-refractivity contribution is -0.119. The molecule has 2 amide bonds. The molecule has 0 fully saturated rings. The Bertz CT molecular complexity index is 1310. The number of carbonyl (C=O) groups is 2. The number of ether oxygens (including phenoxy) is 2. The van der Waals surface area contributed by atoms with E-state index in [-0.39, 0.29) is 11.8 Å². The number of methoxy groups -OCH3 is 2. The first-order chi connectivity index (χ1) is 16.5. The fraction of sp³-hybridized carbons (Fsp3) is 0.167. The van der Waals surface area contributed by atoms with E-state index in [1.165, 1.54) is 29.6 Å². The molecule has 10 heteroatoms. The highest BCUT2D eigenvalue weighted by Crippen LogP contribution is 2.39. The molecule has 0 aliphatic heterocycles. The summed E-state index contributed by atoms with van der Waals surface area (Å²) in [6, 6.07) is 13.3. The zero-order valence-corrected chi connectivity index (χ0v) is 20.4. The summed E-state index contributed by atoms with van der Waals surface area (Å²) in [4.78, 5) is 32.8. The maximum atomic E-state index is 12.8. The number of para-hydroxylation sites is 1. The molecule has 0 spiro atoms. The average Bonchev–Trinajstić information content (AvgIpc) is 3.52. The van der Waals surface area contributed by atoms with Crippen molar-refractivity contribution in [1.29, 1.82) is 0 Å². The molecule has 0 saturated heterocycles. The molecule has 4 aromatic rings. The van der Waals surface area contributed by atoms with Gasteiger partial charge in [0, 0.05) is 29.8 Å². The minimum atomic E-state index is -0.337. The first kappa shape index (κ1) is 23.4. The van der Waals surface area contributed by atoms with Crippen LogP contribution >= 0.6 is 22.7 Å². The predicted molar refractivity (Wildman–Crippen MR) is 134 cm³/mol. The van der Waals surface area contributed by atoms with Gasteiger partial charge in [0.15, 0.2) is 16.6 Å². The number of aromatic nitrogens is 2. The topological polar surface area (TPSA) is 102 Å². The van der Waals surface area contributed by atoms with Crippen LogP contribution in [0.4, 0.5) is 5.13 Å². The van der Waals surface area contributed by atoms with Crippen molar-refractivity contribution in [3.05, 3.63) is 64.5 Å². The molecule has 8 nitrogen and oxygen atoms in total. The Morgan fingerprint density at radius 3 is 2.47 bits per heavy atom. The Kier molecular flexibility index (Phi) is 7.19. The van der Waals surface area contributed by atoms with E-state index in [2.05, 4.69) is 20.6 Å². The number of nitrogens with zero attached hydrogens (tertiary/aromatic N) is 2. The molecule has 0 saturated carbocycles. The van der Waals surface area contributed by atoms with Gasteiger partial charge in [0.05, 0.1) is 25.5 Å². The van der Waals surface area contributed by atoms with Gasteiger partial charge in [0.2, 0.25) is 5.91 Å². The second kappa shape index (κ2) is 10.4. The monoisotopic (exact) mass is 494 g/mol.